The number of aliphatic hydroxyl groups is 1. The van der Waals surface area contributed by atoms with E-state index in [1.165, 1.54) is 102 Å². The number of benzene rings is 3. The van der Waals surface area contributed by atoms with Crippen LogP contribution in [0.15, 0.2) is 60.4 Å². The van der Waals surface area contributed by atoms with Crippen LogP contribution in [-0.2, 0) is 30.3 Å². The van der Waals surface area contributed by atoms with Gasteiger partial charge in [-0.2, -0.15) is 0 Å². The molecule has 2 aliphatic carbocycles. The molecule has 0 bridgehead atoms. The Morgan fingerprint density at radius 3 is 2.13 bits per heavy atom. The Morgan fingerprint density at radius 1 is 0.865 bits per heavy atom. The van der Waals surface area contributed by atoms with Crippen LogP contribution in [0, 0.1) is 43.6 Å². The second-order valence-corrected chi connectivity index (χ2v) is 17.8. The van der Waals surface area contributed by atoms with Crippen molar-refractivity contribution in [2.45, 2.75) is 144 Å². The van der Waals surface area contributed by atoms with Crippen LogP contribution in [0.5, 0.6) is 0 Å². The maximum absolute atomic E-state index is 11.2. The van der Waals surface area contributed by atoms with Gasteiger partial charge in [-0.15, -0.1) is 29.1 Å². The average Bonchev–Trinajstić information content (AvgIpc) is 3.06. The molecule has 0 saturated heterocycles. The molecular formula is C48H64IrNO2-. The number of aliphatic hydroxyl groups excluding tert-OH is 1. The quantitative estimate of drug-likeness (QED) is 0.109. The molecule has 1 heterocycles. The summed E-state index contributed by atoms with van der Waals surface area (Å²) in [5.41, 5.74) is 9.00. The van der Waals surface area contributed by atoms with Crippen LogP contribution in [0.25, 0.3) is 32.9 Å². The molecule has 283 valence electrons. The summed E-state index contributed by atoms with van der Waals surface area (Å²) in [4.78, 5) is 16.5. The fourth-order valence-electron chi connectivity index (χ4n) is 8.87. The minimum absolute atomic E-state index is 0. The van der Waals surface area contributed by atoms with Crippen molar-refractivity contribution in [3.05, 3.63) is 88.7 Å². The number of aryl methyl sites for hydroxylation is 2. The fraction of sp³-hybridized carbons (Fsp3) is 0.542. The van der Waals surface area contributed by atoms with Crippen LogP contribution in [0.3, 0.4) is 0 Å². The molecule has 4 aromatic rings. The third kappa shape index (κ3) is 10.9. The van der Waals surface area contributed by atoms with Gasteiger partial charge in [-0.25, -0.2) is 0 Å². The molecule has 1 aromatic heterocycles. The van der Waals surface area contributed by atoms with Gasteiger partial charge in [0, 0.05) is 50.1 Å². The third-order valence-electron chi connectivity index (χ3n) is 11.2. The van der Waals surface area contributed by atoms with Crippen LogP contribution in [0.2, 0.25) is 0 Å². The van der Waals surface area contributed by atoms with Gasteiger partial charge < -0.3 is 5.11 Å². The first-order valence-corrected chi connectivity index (χ1v) is 20.0. The molecular weight excluding hydrogens is 815 g/mol. The van der Waals surface area contributed by atoms with Gasteiger partial charge in [0.25, 0.3) is 0 Å². The van der Waals surface area contributed by atoms with E-state index in [1.807, 2.05) is 27.7 Å². The number of aromatic nitrogens is 1. The van der Waals surface area contributed by atoms with Gasteiger partial charge in [-0.3, -0.25) is 9.78 Å². The largest absolute Gasteiger partial charge is 0.512 e. The zero-order valence-electron chi connectivity index (χ0n) is 33.5. The summed E-state index contributed by atoms with van der Waals surface area (Å²) in [6.07, 6.45) is 15.2. The van der Waals surface area contributed by atoms with Crippen LogP contribution < -0.4 is 0 Å². The number of hydrogen-bond donors (Lipinski definition) is 1. The molecule has 0 unspecified atom stereocenters. The van der Waals surface area contributed by atoms with Gasteiger partial charge in [0.1, 0.15) is 0 Å². The Balaban J connectivity index is 0.000000372. The Bertz CT molecular complexity index is 1830. The molecule has 3 aromatic carbocycles. The van der Waals surface area contributed by atoms with E-state index in [9.17, 15) is 9.90 Å². The number of hydrogen-bond acceptors (Lipinski definition) is 3. The first-order valence-electron chi connectivity index (χ1n) is 20.0. The molecule has 2 fully saturated rings. The van der Waals surface area contributed by atoms with Gasteiger partial charge in [-0.1, -0.05) is 122 Å². The van der Waals surface area contributed by atoms with Crippen molar-refractivity contribution < 1.29 is 30.0 Å². The van der Waals surface area contributed by atoms with Gasteiger partial charge in [-0.05, 0) is 97.3 Å². The molecule has 1 N–H and O–H groups in total. The minimum Gasteiger partial charge on any atom is -0.512 e. The van der Waals surface area contributed by atoms with Crippen molar-refractivity contribution in [2.75, 3.05) is 0 Å². The van der Waals surface area contributed by atoms with E-state index >= 15 is 0 Å². The molecule has 52 heavy (non-hydrogen) atoms. The van der Waals surface area contributed by atoms with Crippen molar-refractivity contribution in [1.82, 2.24) is 4.98 Å². The number of fused-ring (bicyclic) bond motifs is 2. The van der Waals surface area contributed by atoms with Gasteiger partial charge in [0.2, 0.25) is 0 Å². The maximum Gasteiger partial charge on any atom is 0.159 e. The van der Waals surface area contributed by atoms with Crippen LogP contribution in [-0.4, -0.2) is 15.9 Å². The molecule has 6 rings (SSSR count). The van der Waals surface area contributed by atoms with E-state index in [-0.39, 0.29) is 37.1 Å². The maximum atomic E-state index is 11.2. The molecule has 3 nitrogen and oxygen atoms in total. The summed E-state index contributed by atoms with van der Waals surface area (Å²) in [6, 6.07) is 22.0. The SMILES string of the molecule is CC(C)CC(=O)/C=C(\O)CC(C)C.Cc1cc(C)c2c(C3CCC(C4CCCCC4)CC3)cc(-c3[c-]c4ccccc4c(C(C)(C)C)c3)nc2c1.[Ir]. The van der Waals surface area contributed by atoms with E-state index in [0.717, 1.165) is 28.6 Å². The second-order valence-electron chi connectivity index (χ2n) is 17.8. The normalized spacial score (nSPS) is 18.7. The summed E-state index contributed by atoms with van der Waals surface area (Å²) in [5, 5.41) is 13.2. The Labute approximate surface area is 328 Å². The molecule has 0 amide bonds. The number of pyridine rings is 1. The van der Waals surface area contributed by atoms with E-state index in [4.69, 9.17) is 4.98 Å². The first kappa shape index (κ1) is 41.9. The molecule has 0 aliphatic heterocycles. The zero-order valence-corrected chi connectivity index (χ0v) is 35.9. The topological polar surface area (TPSA) is 50.2 Å². The predicted octanol–water partition coefficient (Wildman–Crippen LogP) is 13.7. The van der Waals surface area contributed by atoms with Crippen molar-refractivity contribution >= 4 is 27.5 Å². The van der Waals surface area contributed by atoms with Crippen molar-refractivity contribution in [3.8, 4) is 11.3 Å². The first-order chi connectivity index (χ1) is 24.2. The number of allylic oxidation sites excluding steroid dienone is 2. The standard InChI is InChI=1S/C37H44N.C11H20O2.Ir/c1-24-19-25(2)36-32(28-17-15-27(16-18-28)26-11-7-6-8-12-26)23-34(38-35(36)20-24)30-21-29-13-9-10-14-31(29)33(22-30)37(3,4)5;1-8(2)5-10(12)7-11(13)6-9(3)4;/h9-10,13-14,19-20,22-23,26-28H,6-8,11-12,15-18H2,1-5H3;7-9,12H,5-6H2,1-4H3;/q-1;;/b;10-7-;. The molecule has 2 saturated carbocycles. The summed E-state index contributed by atoms with van der Waals surface area (Å²) in [6.45, 7) is 19.4. The third-order valence-corrected chi connectivity index (χ3v) is 11.2. The number of rotatable bonds is 8. The molecule has 2 aliphatic rings. The summed E-state index contributed by atoms with van der Waals surface area (Å²) >= 11 is 0. The van der Waals surface area contributed by atoms with Crippen molar-refractivity contribution in [1.29, 1.82) is 0 Å². The van der Waals surface area contributed by atoms with Gasteiger partial charge >= 0.3 is 0 Å². The summed E-state index contributed by atoms with van der Waals surface area (Å²) < 4.78 is 0. The van der Waals surface area contributed by atoms with E-state index < -0.39 is 0 Å². The minimum atomic E-state index is 0. The fourth-order valence-corrected chi connectivity index (χ4v) is 8.87. The number of ketones is 1. The van der Waals surface area contributed by atoms with E-state index in [1.54, 1.807) is 0 Å². The van der Waals surface area contributed by atoms with E-state index in [2.05, 4.69) is 89.2 Å². The number of nitrogens with zero attached hydrogens (tertiary/aromatic N) is 1. The molecule has 4 heteroatoms. The molecule has 0 spiro atoms. The molecule has 1 radical (unpaired) electrons. The Morgan fingerprint density at radius 2 is 1.50 bits per heavy atom. The van der Waals surface area contributed by atoms with Crippen molar-refractivity contribution in [3.63, 3.8) is 0 Å². The van der Waals surface area contributed by atoms with Gasteiger partial charge in [0.15, 0.2) is 5.78 Å². The molecule has 0 atom stereocenters. The second kappa shape index (κ2) is 18.5. The predicted molar refractivity (Wildman–Crippen MR) is 218 cm³/mol. The van der Waals surface area contributed by atoms with Crippen LogP contribution in [0.4, 0.5) is 0 Å². The average molecular weight is 879 g/mol. The monoisotopic (exact) mass is 879 g/mol. The summed E-state index contributed by atoms with van der Waals surface area (Å²) in [7, 11) is 0. The zero-order chi connectivity index (χ0) is 36.9. The Kier molecular flexibility index (Phi) is 14.9. The summed E-state index contributed by atoms with van der Waals surface area (Å²) in [5.74, 6) is 3.54. The van der Waals surface area contributed by atoms with E-state index in [0.29, 0.717) is 30.6 Å². The van der Waals surface area contributed by atoms with Crippen LogP contribution >= 0.6 is 0 Å². The van der Waals surface area contributed by atoms with Gasteiger partial charge in [0.05, 0.1) is 11.3 Å². The smallest absolute Gasteiger partial charge is 0.159 e. The van der Waals surface area contributed by atoms with Crippen molar-refractivity contribution in [2.24, 2.45) is 23.7 Å². The number of carbonyl (C=O) groups is 1. The number of carbonyl (C=O) groups excluding carboxylic acids is 1. The van der Waals surface area contributed by atoms with Crippen LogP contribution in [0.1, 0.15) is 147 Å². The Hall–Kier alpha value is -2.81.